The summed E-state index contributed by atoms with van der Waals surface area (Å²) in [5.41, 5.74) is 10.9. The number of rotatable bonds is 4. The lowest BCUT2D eigenvalue weighted by molar-refractivity contribution is -0.117. The predicted octanol–water partition coefficient (Wildman–Crippen LogP) is 3.37. The van der Waals surface area contributed by atoms with Gasteiger partial charge in [-0.05, 0) is 62.1 Å². The highest BCUT2D eigenvalue weighted by molar-refractivity contribution is 5.98. The third-order valence-corrected chi connectivity index (χ3v) is 4.78. The molecule has 132 valence electrons. The normalized spacial score (nSPS) is 14.6. The minimum atomic E-state index is -0.300. The molecule has 0 aromatic heterocycles. The first-order chi connectivity index (χ1) is 12.0. The van der Waals surface area contributed by atoms with Gasteiger partial charge in [-0.15, -0.1) is 0 Å². The lowest BCUT2D eigenvalue weighted by atomic mass is 9.98. The third kappa shape index (κ3) is 3.40. The molecule has 1 aliphatic heterocycles. The molecule has 3 rings (SSSR count). The van der Waals surface area contributed by atoms with E-state index in [4.69, 9.17) is 10.5 Å². The molecule has 0 spiro atoms. The van der Waals surface area contributed by atoms with Crippen molar-refractivity contribution in [1.82, 2.24) is 0 Å². The zero-order valence-corrected chi connectivity index (χ0v) is 15.0. The number of hydrogen-bond donors (Lipinski definition) is 2. The highest BCUT2D eigenvalue weighted by atomic mass is 16.5. The van der Waals surface area contributed by atoms with Crippen molar-refractivity contribution in [3.05, 3.63) is 47.5 Å². The maximum Gasteiger partial charge on any atom is 0.246 e. The van der Waals surface area contributed by atoms with Gasteiger partial charge in [0.1, 0.15) is 11.8 Å². The Morgan fingerprint density at radius 1 is 1.32 bits per heavy atom. The van der Waals surface area contributed by atoms with Crippen LogP contribution in [0.15, 0.2) is 36.4 Å². The summed E-state index contributed by atoms with van der Waals surface area (Å²) in [5.74, 6) is 0.605. The Bertz CT molecular complexity index is 789. The second kappa shape index (κ2) is 7.05. The van der Waals surface area contributed by atoms with Crippen LogP contribution in [0.1, 0.15) is 24.5 Å². The van der Waals surface area contributed by atoms with E-state index in [0.717, 1.165) is 41.9 Å². The molecule has 1 heterocycles. The quantitative estimate of drug-likeness (QED) is 0.838. The van der Waals surface area contributed by atoms with Crippen molar-refractivity contribution >= 4 is 23.0 Å². The number of methoxy groups -OCH3 is 1. The van der Waals surface area contributed by atoms with Crippen LogP contribution in [0.2, 0.25) is 0 Å². The van der Waals surface area contributed by atoms with Crippen molar-refractivity contribution < 1.29 is 9.53 Å². The van der Waals surface area contributed by atoms with Gasteiger partial charge in [-0.1, -0.05) is 12.1 Å². The average molecular weight is 339 g/mol. The Morgan fingerprint density at radius 3 is 2.88 bits per heavy atom. The average Bonchev–Trinajstić information content (AvgIpc) is 2.61. The number of nitrogen functional groups attached to an aromatic ring is 1. The van der Waals surface area contributed by atoms with Gasteiger partial charge in [0.05, 0.1) is 12.8 Å². The summed E-state index contributed by atoms with van der Waals surface area (Å²) in [6, 6.07) is 11.4. The SMILES string of the molecule is COc1ccc(C)cc1NC(=O)C(C)N1CCCc2c(N)cccc21. The van der Waals surface area contributed by atoms with E-state index in [1.54, 1.807) is 7.11 Å². The first-order valence-corrected chi connectivity index (χ1v) is 8.60. The fraction of sp³-hybridized carbons (Fsp3) is 0.350. The van der Waals surface area contributed by atoms with Crippen molar-refractivity contribution in [3.63, 3.8) is 0 Å². The first-order valence-electron chi connectivity index (χ1n) is 8.60. The smallest absolute Gasteiger partial charge is 0.246 e. The van der Waals surface area contributed by atoms with E-state index in [0.29, 0.717) is 11.4 Å². The third-order valence-electron chi connectivity index (χ3n) is 4.78. The number of amides is 1. The number of aryl methyl sites for hydroxylation is 1. The largest absolute Gasteiger partial charge is 0.495 e. The molecule has 1 amide bonds. The molecule has 3 N–H and O–H groups in total. The molecule has 0 bridgehead atoms. The lowest BCUT2D eigenvalue weighted by Gasteiger charge is -2.36. The highest BCUT2D eigenvalue weighted by Crippen LogP contribution is 2.33. The van der Waals surface area contributed by atoms with Gasteiger partial charge in [-0.25, -0.2) is 0 Å². The number of anilines is 3. The van der Waals surface area contributed by atoms with Crippen molar-refractivity contribution in [2.75, 3.05) is 29.6 Å². The van der Waals surface area contributed by atoms with Crippen LogP contribution in [0.25, 0.3) is 0 Å². The molecule has 25 heavy (non-hydrogen) atoms. The summed E-state index contributed by atoms with van der Waals surface area (Å²) in [7, 11) is 1.60. The number of carbonyl (C=O) groups is 1. The standard InChI is InChI=1S/C20H25N3O2/c1-13-9-10-19(25-3)17(12-13)22-20(24)14(2)23-11-5-6-15-16(21)7-4-8-18(15)23/h4,7-10,12,14H,5-6,11,21H2,1-3H3,(H,22,24). The zero-order chi connectivity index (χ0) is 18.0. The van der Waals surface area contributed by atoms with E-state index in [-0.39, 0.29) is 11.9 Å². The van der Waals surface area contributed by atoms with Crippen LogP contribution < -0.4 is 20.7 Å². The zero-order valence-electron chi connectivity index (χ0n) is 15.0. The van der Waals surface area contributed by atoms with Crippen LogP contribution in [-0.4, -0.2) is 25.6 Å². The Morgan fingerprint density at radius 2 is 2.12 bits per heavy atom. The number of fused-ring (bicyclic) bond motifs is 1. The number of nitrogens with one attached hydrogen (secondary N) is 1. The van der Waals surface area contributed by atoms with Crippen LogP contribution in [0.4, 0.5) is 17.1 Å². The minimum Gasteiger partial charge on any atom is -0.495 e. The number of ether oxygens (including phenoxy) is 1. The molecule has 5 heteroatoms. The summed E-state index contributed by atoms with van der Waals surface area (Å²) in [5, 5.41) is 3.01. The number of nitrogens with zero attached hydrogens (tertiary/aromatic N) is 1. The summed E-state index contributed by atoms with van der Waals surface area (Å²) in [6.07, 6.45) is 1.95. The number of hydrogen-bond acceptors (Lipinski definition) is 4. The Kier molecular flexibility index (Phi) is 4.83. The van der Waals surface area contributed by atoms with Gasteiger partial charge in [-0.3, -0.25) is 4.79 Å². The van der Waals surface area contributed by atoms with Crippen molar-refractivity contribution in [1.29, 1.82) is 0 Å². The summed E-state index contributed by atoms with van der Waals surface area (Å²) in [4.78, 5) is 15.0. The van der Waals surface area contributed by atoms with Crippen LogP contribution in [-0.2, 0) is 11.2 Å². The van der Waals surface area contributed by atoms with Crippen LogP contribution >= 0.6 is 0 Å². The molecule has 5 nitrogen and oxygen atoms in total. The predicted molar refractivity (Wildman–Crippen MR) is 102 cm³/mol. The highest BCUT2D eigenvalue weighted by Gasteiger charge is 2.27. The van der Waals surface area contributed by atoms with E-state index in [9.17, 15) is 4.79 Å². The van der Waals surface area contributed by atoms with Crippen LogP contribution in [0, 0.1) is 6.92 Å². The molecule has 2 aromatic rings. The van der Waals surface area contributed by atoms with Gasteiger partial charge in [0.25, 0.3) is 0 Å². The van der Waals surface area contributed by atoms with E-state index in [1.165, 1.54) is 0 Å². The number of nitrogens with two attached hydrogens (primary N) is 1. The second-order valence-corrected chi connectivity index (χ2v) is 6.51. The van der Waals surface area contributed by atoms with Gasteiger partial charge in [0, 0.05) is 17.9 Å². The summed E-state index contributed by atoms with van der Waals surface area (Å²) in [6.45, 7) is 4.76. The van der Waals surface area contributed by atoms with E-state index in [2.05, 4.69) is 10.2 Å². The molecule has 0 aliphatic carbocycles. The van der Waals surface area contributed by atoms with Crippen molar-refractivity contribution in [3.8, 4) is 5.75 Å². The fourth-order valence-corrected chi connectivity index (χ4v) is 3.38. The van der Waals surface area contributed by atoms with Crippen molar-refractivity contribution in [2.24, 2.45) is 0 Å². The molecule has 0 fully saturated rings. The monoisotopic (exact) mass is 339 g/mol. The number of carbonyl (C=O) groups excluding carboxylic acids is 1. The van der Waals surface area contributed by atoms with Gasteiger partial charge >= 0.3 is 0 Å². The van der Waals surface area contributed by atoms with Gasteiger partial charge < -0.3 is 20.7 Å². The van der Waals surface area contributed by atoms with E-state index < -0.39 is 0 Å². The van der Waals surface area contributed by atoms with Gasteiger partial charge in [-0.2, -0.15) is 0 Å². The molecular weight excluding hydrogens is 314 g/mol. The van der Waals surface area contributed by atoms with E-state index >= 15 is 0 Å². The van der Waals surface area contributed by atoms with Gasteiger partial charge in [0.2, 0.25) is 5.91 Å². The van der Waals surface area contributed by atoms with Crippen molar-refractivity contribution in [2.45, 2.75) is 32.7 Å². The maximum absolute atomic E-state index is 12.8. The first kappa shape index (κ1) is 17.1. The van der Waals surface area contributed by atoms with Crippen LogP contribution in [0.3, 0.4) is 0 Å². The number of benzene rings is 2. The topological polar surface area (TPSA) is 67.6 Å². The molecule has 2 aromatic carbocycles. The minimum absolute atomic E-state index is 0.0563. The molecule has 1 aliphatic rings. The molecular formula is C20H25N3O2. The fourth-order valence-electron chi connectivity index (χ4n) is 3.38. The second-order valence-electron chi connectivity index (χ2n) is 6.51. The molecule has 1 atom stereocenters. The maximum atomic E-state index is 12.8. The molecule has 0 saturated carbocycles. The molecule has 1 unspecified atom stereocenters. The Hall–Kier alpha value is -2.69. The summed E-state index contributed by atoms with van der Waals surface area (Å²) < 4.78 is 5.35. The molecule has 0 radical (unpaired) electrons. The Labute approximate surface area is 148 Å². The Balaban J connectivity index is 1.83. The van der Waals surface area contributed by atoms with Gasteiger partial charge in [0.15, 0.2) is 0 Å². The molecule has 0 saturated heterocycles. The lowest BCUT2D eigenvalue weighted by Crippen LogP contribution is -2.44. The van der Waals surface area contributed by atoms with Crippen LogP contribution in [0.5, 0.6) is 5.75 Å². The van der Waals surface area contributed by atoms with E-state index in [1.807, 2.05) is 50.2 Å². The summed E-state index contributed by atoms with van der Waals surface area (Å²) >= 11 is 0.